The van der Waals surface area contributed by atoms with Crippen molar-refractivity contribution in [2.75, 3.05) is 18.6 Å². The molecular formula is C31H34INO5. The molecule has 7 heteroatoms. The van der Waals surface area contributed by atoms with E-state index in [1.165, 1.54) is 21.6 Å². The van der Waals surface area contributed by atoms with Gasteiger partial charge in [-0.25, -0.2) is 0 Å². The summed E-state index contributed by atoms with van der Waals surface area (Å²) in [4.78, 5) is 28.3. The largest absolute Gasteiger partial charge is 0.504 e. The van der Waals surface area contributed by atoms with Gasteiger partial charge in [0.15, 0.2) is 11.5 Å². The van der Waals surface area contributed by atoms with Crippen molar-refractivity contribution < 1.29 is 24.2 Å². The average molecular weight is 628 g/mol. The Morgan fingerprint density at radius 2 is 1.92 bits per heavy atom. The molecule has 0 aromatic heterocycles. The van der Waals surface area contributed by atoms with Gasteiger partial charge in [-0.2, -0.15) is 0 Å². The van der Waals surface area contributed by atoms with Gasteiger partial charge in [0, 0.05) is 5.92 Å². The zero-order valence-corrected chi connectivity index (χ0v) is 24.2. The quantitative estimate of drug-likeness (QED) is 0.205. The molecule has 2 aromatic carbocycles. The van der Waals surface area contributed by atoms with Crippen LogP contribution in [0.3, 0.4) is 0 Å². The molecule has 0 radical (unpaired) electrons. The van der Waals surface area contributed by atoms with E-state index in [0.29, 0.717) is 24.5 Å². The Morgan fingerprint density at radius 3 is 2.63 bits per heavy atom. The number of hydrogen-bond donors (Lipinski definition) is 1. The number of fused-ring (bicyclic) bond motifs is 3. The standard InChI is InChI=1S/C31H34INO5/c1-4-8-19(14-20-15-24(32)29(34)26(16-20)37-3)11-12-25-27-18(2)13-22-28(23(27)17-38-25)31(36)33(30(22)35)21-9-6-5-7-10-21/h5-7,9-10,14-16,22-23,25,28,34H,4,8,11-13,17H2,1-3H3/b19-14+/t22-,23+,25-,28-/m1/s1. The summed E-state index contributed by atoms with van der Waals surface area (Å²) in [6, 6.07) is 13.1. The van der Waals surface area contributed by atoms with Crippen LogP contribution in [0, 0.1) is 21.3 Å². The zero-order valence-electron chi connectivity index (χ0n) is 22.1. The first kappa shape index (κ1) is 26.9. The number of amides is 2. The Morgan fingerprint density at radius 1 is 1.16 bits per heavy atom. The molecule has 2 aliphatic heterocycles. The van der Waals surface area contributed by atoms with Gasteiger partial charge in [-0.3, -0.25) is 14.5 Å². The monoisotopic (exact) mass is 627 g/mol. The molecule has 0 bridgehead atoms. The Hall–Kier alpha value is -2.65. The number of benzene rings is 2. The van der Waals surface area contributed by atoms with Gasteiger partial charge < -0.3 is 14.6 Å². The number of carbonyl (C=O) groups excluding carboxylic acids is 2. The van der Waals surface area contributed by atoms with Gasteiger partial charge >= 0.3 is 0 Å². The third kappa shape index (κ3) is 4.91. The molecule has 0 unspecified atom stereocenters. The van der Waals surface area contributed by atoms with E-state index in [-0.39, 0.29) is 41.4 Å². The van der Waals surface area contributed by atoms with Crippen LogP contribution in [-0.4, -0.2) is 36.7 Å². The highest BCUT2D eigenvalue weighted by Gasteiger charge is 2.56. The summed E-state index contributed by atoms with van der Waals surface area (Å²) in [6.45, 7) is 4.77. The van der Waals surface area contributed by atoms with Crippen LogP contribution in [0.15, 0.2) is 59.2 Å². The maximum Gasteiger partial charge on any atom is 0.238 e. The summed E-state index contributed by atoms with van der Waals surface area (Å²) in [6.07, 6.45) is 6.48. The van der Waals surface area contributed by atoms with Crippen LogP contribution in [0.4, 0.5) is 5.69 Å². The number of phenolic OH excluding ortho intramolecular Hbond substituents is 1. The van der Waals surface area contributed by atoms with Crippen LogP contribution in [0.25, 0.3) is 6.08 Å². The minimum absolute atomic E-state index is 0.0366. The second kappa shape index (κ2) is 11.2. The van der Waals surface area contributed by atoms with Crippen LogP contribution in [-0.2, 0) is 14.3 Å². The van der Waals surface area contributed by atoms with Crippen LogP contribution < -0.4 is 9.64 Å². The third-order valence-electron chi connectivity index (χ3n) is 8.11. The number of allylic oxidation sites excluding steroid dienone is 2. The fraction of sp³-hybridized carbons (Fsp3) is 0.419. The minimum Gasteiger partial charge on any atom is -0.504 e. The average Bonchev–Trinajstić information content (AvgIpc) is 3.44. The van der Waals surface area contributed by atoms with E-state index in [0.717, 1.165) is 34.8 Å². The van der Waals surface area contributed by atoms with E-state index < -0.39 is 0 Å². The van der Waals surface area contributed by atoms with Crippen LogP contribution >= 0.6 is 22.6 Å². The lowest BCUT2D eigenvalue weighted by Crippen LogP contribution is -2.34. The maximum atomic E-state index is 13.6. The molecule has 200 valence electrons. The SMILES string of the molecule is CCC/C(=C\c1cc(I)c(O)c(OC)c1)CC[C@H]1OC[C@H]2C1=C(C)C[C@H]1C(=O)N(c3ccccc3)C(=O)[C@H]12. The number of aromatic hydroxyl groups is 1. The molecule has 2 saturated heterocycles. The van der Waals surface area contributed by atoms with Gasteiger partial charge in [-0.05, 0) is 90.6 Å². The number of halogens is 1. The van der Waals surface area contributed by atoms with Gasteiger partial charge in [0.1, 0.15) is 0 Å². The highest BCUT2D eigenvalue weighted by atomic mass is 127. The molecule has 3 aliphatic rings. The fourth-order valence-electron chi connectivity index (χ4n) is 6.44. The van der Waals surface area contributed by atoms with E-state index in [1.54, 1.807) is 7.11 Å². The van der Waals surface area contributed by atoms with Crippen LogP contribution in [0.5, 0.6) is 11.5 Å². The number of anilines is 1. The van der Waals surface area contributed by atoms with Crippen molar-refractivity contribution in [3.8, 4) is 11.5 Å². The van der Waals surface area contributed by atoms with Crippen molar-refractivity contribution in [2.45, 2.75) is 52.1 Å². The third-order valence-corrected chi connectivity index (χ3v) is 8.93. The Balaban J connectivity index is 1.34. The second-order valence-corrected chi connectivity index (χ2v) is 11.7. The highest BCUT2D eigenvalue weighted by Crippen LogP contribution is 2.50. The van der Waals surface area contributed by atoms with Crippen molar-refractivity contribution in [3.05, 3.63) is 68.3 Å². The predicted octanol–water partition coefficient (Wildman–Crippen LogP) is 6.51. The number of para-hydroxylation sites is 1. The van der Waals surface area contributed by atoms with Gasteiger partial charge in [0.05, 0.1) is 40.9 Å². The first-order valence-corrected chi connectivity index (χ1v) is 14.4. The Labute approximate surface area is 237 Å². The number of imide groups is 1. The number of carbonyl (C=O) groups is 2. The summed E-state index contributed by atoms with van der Waals surface area (Å²) >= 11 is 2.12. The second-order valence-electron chi connectivity index (χ2n) is 10.5. The Kier molecular flexibility index (Phi) is 7.95. The lowest BCUT2D eigenvalue weighted by atomic mass is 9.70. The summed E-state index contributed by atoms with van der Waals surface area (Å²) in [5.41, 5.74) is 5.41. The van der Waals surface area contributed by atoms with Crippen molar-refractivity contribution in [1.29, 1.82) is 0 Å². The molecule has 1 aliphatic carbocycles. The van der Waals surface area contributed by atoms with E-state index in [9.17, 15) is 14.7 Å². The first-order valence-electron chi connectivity index (χ1n) is 13.3. The zero-order chi connectivity index (χ0) is 27.0. The first-order chi connectivity index (χ1) is 18.3. The van der Waals surface area contributed by atoms with E-state index in [4.69, 9.17) is 9.47 Å². The summed E-state index contributed by atoms with van der Waals surface area (Å²) in [5, 5.41) is 10.2. The van der Waals surface area contributed by atoms with E-state index in [1.807, 2.05) is 42.5 Å². The van der Waals surface area contributed by atoms with Gasteiger partial charge in [0.25, 0.3) is 0 Å². The molecule has 38 heavy (non-hydrogen) atoms. The molecule has 0 saturated carbocycles. The molecule has 4 atom stereocenters. The summed E-state index contributed by atoms with van der Waals surface area (Å²) in [5.74, 6) is -0.223. The number of methoxy groups -OCH3 is 1. The van der Waals surface area contributed by atoms with Gasteiger partial charge in [-0.15, -0.1) is 0 Å². The summed E-state index contributed by atoms with van der Waals surface area (Å²) < 4.78 is 12.4. The summed E-state index contributed by atoms with van der Waals surface area (Å²) in [7, 11) is 1.56. The molecule has 2 aromatic rings. The van der Waals surface area contributed by atoms with Gasteiger partial charge in [-0.1, -0.05) is 48.8 Å². The highest BCUT2D eigenvalue weighted by molar-refractivity contribution is 14.1. The van der Waals surface area contributed by atoms with Crippen molar-refractivity contribution in [3.63, 3.8) is 0 Å². The number of hydrogen-bond acceptors (Lipinski definition) is 5. The van der Waals surface area contributed by atoms with Crippen LogP contribution in [0.2, 0.25) is 0 Å². The lowest BCUT2D eigenvalue weighted by molar-refractivity contribution is -0.122. The van der Waals surface area contributed by atoms with Crippen molar-refractivity contribution >= 4 is 46.2 Å². The van der Waals surface area contributed by atoms with E-state index in [2.05, 4.69) is 42.5 Å². The number of rotatable bonds is 8. The minimum atomic E-state index is -0.344. The lowest BCUT2D eigenvalue weighted by Gasteiger charge is -2.30. The predicted molar refractivity (Wildman–Crippen MR) is 156 cm³/mol. The molecular weight excluding hydrogens is 593 g/mol. The molecule has 2 fully saturated rings. The van der Waals surface area contributed by atoms with Crippen molar-refractivity contribution in [2.24, 2.45) is 17.8 Å². The topological polar surface area (TPSA) is 76.1 Å². The molecule has 6 nitrogen and oxygen atoms in total. The fourth-order valence-corrected chi connectivity index (χ4v) is 7.06. The molecule has 2 amide bonds. The van der Waals surface area contributed by atoms with Gasteiger partial charge in [0.2, 0.25) is 11.8 Å². The van der Waals surface area contributed by atoms with Crippen molar-refractivity contribution in [1.82, 2.24) is 0 Å². The van der Waals surface area contributed by atoms with Crippen LogP contribution in [0.1, 0.15) is 51.5 Å². The molecule has 2 heterocycles. The number of ether oxygens (including phenoxy) is 2. The normalized spacial score (nSPS) is 25.2. The molecule has 1 N–H and O–H groups in total. The number of phenols is 1. The molecule has 0 spiro atoms. The number of nitrogens with zero attached hydrogens (tertiary/aromatic N) is 1. The maximum absolute atomic E-state index is 13.6. The van der Waals surface area contributed by atoms with E-state index >= 15 is 0 Å². The molecule has 5 rings (SSSR count). The Bertz CT molecular complexity index is 1300. The smallest absolute Gasteiger partial charge is 0.238 e.